The van der Waals surface area contributed by atoms with E-state index >= 15 is 0 Å². The fourth-order valence-electron chi connectivity index (χ4n) is 2.91. The fraction of sp³-hybridized carbons (Fsp3) is 0.182. The molecular formula is C22H19ClN2O3S. The third-order valence-electron chi connectivity index (χ3n) is 4.20. The van der Waals surface area contributed by atoms with E-state index in [9.17, 15) is 4.79 Å². The van der Waals surface area contributed by atoms with E-state index in [0.717, 1.165) is 10.4 Å². The Morgan fingerprint density at radius 3 is 2.62 bits per heavy atom. The summed E-state index contributed by atoms with van der Waals surface area (Å²) < 4.78 is 12.1. The zero-order chi connectivity index (χ0) is 20.4. The van der Waals surface area contributed by atoms with Crippen LogP contribution in [0.25, 0.3) is 10.2 Å². The smallest absolute Gasteiger partial charge is 0.260 e. The molecule has 0 saturated carbocycles. The Kier molecular flexibility index (Phi) is 5.56. The van der Waals surface area contributed by atoms with E-state index in [0.29, 0.717) is 27.0 Å². The number of rotatable bonds is 6. The molecule has 0 N–H and O–H groups in total. The second kappa shape index (κ2) is 8.27. The minimum atomic E-state index is -0.173. The van der Waals surface area contributed by atoms with Crippen molar-refractivity contribution in [2.75, 3.05) is 4.90 Å². The van der Waals surface area contributed by atoms with Crippen molar-refractivity contribution in [3.63, 3.8) is 0 Å². The van der Waals surface area contributed by atoms with Gasteiger partial charge >= 0.3 is 0 Å². The highest BCUT2D eigenvalue weighted by Gasteiger charge is 2.23. The minimum absolute atomic E-state index is 0.0690. The lowest BCUT2D eigenvalue weighted by molar-refractivity contribution is 0.0983. The van der Waals surface area contributed by atoms with Crippen LogP contribution in [-0.2, 0) is 6.54 Å². The number of furan rings is 1. The molecule has 2 aromatic heterocycles. The first-order valence-electron chi connectivity index (χ1n) is 9.17. The predicted octanol–water partition coefficient (Wildman–Crippen LogP) is 6.18. The van der Waals surface area contributed by atoms with Gasteiger partial charge in [0.25, 0.3) is 5.91 Å². The molecule has 148 valence electrons. The van der Waals surface area contributed by atoms with Gasteiger partial charge in [0.1, 0.15) is 17.0 Å². The second-order valence-corrected chi connectivity index (χ2v) is 8.16. The Balaban J connectivity index is 1.69. The third-order valence-corrected chi connectivity index (χ3v) is 5.55. The number of thiazole rings is 1. The van der Waals surface area contributed by atoms with E-state index in [4.69, 9.17) is 20.8 Å². The molecular weight excluding hydrogens is 408 g/mol. The number of hydrogen-bond donors (Lipinski definition) is 0. The van der Waals surface area contributed by atoms with Gasteiger partial charge in [0.2, 0.25) is 0 Å². The van der Waals surface area contributed by atoms with Crippen LogP contribution in [0.2, 0.25) is 5.02 Å². The molecule has 0 atom stereocenters. The normalized spacial score (nSPS) is 11.2. The van der Waals surface area contributed by atoms with E-state index in [2.05, 4.69) is 4.98 Å². The molecule has 29 heavy (non-hydrogen) atoms. The summed E-state index contributed by atoms with van der Waals surface area (Å²) in [5.41, 5.74) is 1.23. The van der Waals surface area contributed by atoms with Gasteiger partial charge in [0, 0.05) is 5.56 Å². The number of carbonyl (C=O) groups excluding carboxylic acids is 1. The molecule has 7 heteroatoms. The largest absolute Gasteiger partial charge is 0.491 e. The number of ether oxygens (including phenoxy) is 1. The van der Waals surface area contributed by atoms with E-state index < -0.39 is 0 Å². The molecule has 0 fully saturated rings. The molecule has 2 aromatic carbocycles. The predicted molar refractivity (Wildman–Crippen MR) is 116 cm³/mol. The zero-order valence-electron chi connectivity index (χ0n) is 16.0. The first-order valence-corrected chi connectivity index (χ1v) is 10.4. The fourth-order valence-corrected chi connectivity index (χ4v) is 4.17. The number of hydrogen-bond acceptors (Lipinski definition) is 5. The molecule has 4 rings (SSSR count). The maximum absolute atomic E-state index is 13.3. The van der Waals surface area contributed by atoms with Gasteiger partial charge in [-0.15, -0.1) is 0 Å². The molecule has 2 heterocycles. The van der Waals surface area contributed by atoms with Gasteiger partial charge in [-0.3, -0.25) is 9.69 Å². The number of halogens is 1. The number of carbonyl (C=O) groups is 1. The van der Waals surface area contributed by atoms with Gasteiger partial charge in [-0.25, -0.2) is 4.98 Å². The number of fused-ring (bicyclic) bond motifs is 1. The third kappa shape index (κ3) is 4.28. The summed E-state index contributed by atoms with van der Waals surface area (Å²) in [7, 11) is 0. The van der Waals surface area contributed by atoms with Crippen molar-refractivity contribution in [1.29, 1.82) is 0 Å². The van der Waals surface area contributed by atoms with Crippen LogP contribution in [-0.4, -0.2) is 17.0 Å². The van der Waals surface area contributed by atoms with Gasteiger partial charge in [-0.2, -0.15) is 0 Å². The van der Waals surface area contributed by atoms with Gasteiger partial charge in [0.05, 0.1) is 28.6 Å². The highest BCUT2D eigenvalue weighted by atomic mass is 35.5. The lowest BCUT2D eigenvalue weighted by atomic mass is 10.2. The van der Waals surface area contributed by atoms with Gasteiger partial charge < -0.3 is 9.15 Å². The Morgan fingerprint density at radius 2 is 1.97 bits per heavy atom. The first-order chi connectivity index (χ1) is 14.0. The standard InChI is InChI=1S/C22H19ClN2O3S/c1-14(2)28-16-10-8-15(9-11-16)21(26)25(13-17-5-4-12-27-17)22-24-20-18(23)6-3-7-19(20)29-22/h3-12,14H,13H2,1-2H3. The molecule has 0 bridgehead atoms. The number of aromatic nitrogens is 1. The Bertz CT molecular complexity index is 1120. The van der Waals surface area contributed by atoms with Crippen molar-refractivity contribution in [1.82, 2.24) is 4.98 Å². The van der Waals surface area contributed by atoms with Crippen LogP contribution >= 0.6 is 22.9 Å². The first kappa shape index (κ1) is 19.5. The SMILES string of the molecule is CC(C)Oc1ccc(C(=O)N(Cc2ccco2)c2nc3c(Cl)cccc3s2)cc1. The van der Waals surface area contributed by atoms with Crippen LogP contribution in [0, 0.1) is 0 Å². The van der Waals surface area contributed by atoms with Crippen LogP contribution in [0.4, 0.5) is 5.13 Å². The quantitative estimate of drug-likeness (QED) is 0.369. The number of anilines is 1. The summed E-state index contributed by atoms with van der Waals surface area (Å²) in [4.78, 5) is 19.6. The van der Waals surface area contributed by atoms with Crippen LogP contribution in [0.15, 0.2) is 65.3 Å². The molecule has 5 nitrogen and oxygen atoms in total. The van der Waals surface area contributed by atoms with Crippen molar-refractivity contribution in [3.05, 3.63) is 77.2 Å². The molecule has 0 aliphatic carbocycles. The van der Waals surface area contributed by atoms with Crippen molar-refractivity contribution in [3.8, 4) is 5.75 Å². The molecule has 0 unspecified atom stereocenters. The summed E-state index contributed by atoms with van der Waals surface area (Å²) >= 11 is 7.70. The van der Waals surface area contributed by atoms with Crippen molar-refractivity contribution >= 4 is 44.2 Å². The van der Waals surface area contributed by atoms with Crippen LogP contribution < -0.4 is 9.64 Å². The average molecular weight is 427 g/mol. The zero-order valence-corrected chi connectivity index (χ0v) is 17.5. The number of nitrogens with zero attached hydrogens (tertiary/aromatic N) is 2. The minimum Gasteiger partial charge on any atom is -0.491 e. The van der Waals surface area contributed by atoms with Crippen LogP contribution in [0.5, 0.6) is 5.75 Å². The van der Waals surface area contributed by atoms with Crippen molar-refractivity contribution < 1.29 is 13.9 Å². The summed E-state index contributed by atoms with van der Waals surface area (Å²) in [6.45, 7) is 4.19. The molecule has 0 aliphatic rings. The van der Waals surface area contributed by atoms with Crippen molar-refractivity contribution in [2.24, 2.45) is 0 Å². The molecule has 4 aromatic rings. The van der Waals surface area contributed by atoms with Gasteiger partial charge in [-0.1, -0.05) is 29.0 Å². The highest BCUT2D eigenvalue weighted by Crippen LogP contribution is 2.34. The summed E-state index contributed by atoms with van der Waals surface area (Å²) in [6.07, 6.45) is 1.66. The average Bonchev–Trinajstić information content (AvgIpc) is 3.36. The van der Waals surface area contributed by atoms with Crippen LogP contribution in [0.3, 0.4) is 0 Å². The number of amides is 1. The lowest BCUT2D eigenvalue weighted by Gasteiger charge is -2.19. The van der Waals surface area contributed by atoms with Crippen molar-refractivity contribution in [2.45, 2.75) is 26.5 Å². The van der Waals surface area contributed by atoms with Gasteiger partial charge in [0.15, 0.2) is 5.13 Å². The molecule has 1 amide bonds. The molecule has 0 radical (unpaired) electrons. The number of benzene rings is 2. The lowest BCUT2D eigenvalue weighted by Crippen LogP contribution is -2.30. The topological polar surface area (TPSA) is 55.6 Å². The molecule has 0 spiro atoms. The van der Waals surface area contributed by atoms with E-state index in [1.807, 2.05) is 32.0 Å². The Hall–Kier alpha value is -2.83. The highest BCUT2D eigenvalue weighted by molar-refractivity contribution is 7.22. The molecule has 0 saturated heterocycles. The number of para-hydroxylation sites is 1. The maximum atomic E-state index is 13.3. The molecule has 0 aliphatic heterocycles. The Morgan fingerprint density at radius 1 is 1.17 bits per heavy atom. The monoisotopic (exact) mass is 426 g/mol. The van der Waals surface area contributed by atoms with Crippen LogP contribution in [0.1, 0.15) is 30.0 Å². The maximum Gasteiger partial charge on any atom is 0.260 e. The summed E-state index contributed by atoms with van der Waals surface area (Å²) in [5, 5.41) is 1.13. The van der Waals surface area contributed by atoms with E-state index in [-0.39, 0.29) is 18.6 Å². The second-order valence-electron chi connectivity index (χ2n) is 6.74. The summed E-state index contributed by atoms with van der Waals surface area (Å²) in [6, 6.07) is 16.4. The summed E-state index contributed by atoms with van der Waals surface area (Å²) in [5.74, 6) is 1.22. The van der Waals surface area contributed by atoms with E-state index in [1.165, 1.54) is 11.3 Å². The van der Waals surface area contributed by atoms with Gasteiger partial charge in [-0.05, 0) is 62.4 Å². The van der Waals surface area contributed by atoms with E-state index in [1.54, 1.807) is 47.6 Å². The Labute approximate surface area is 177 Å².